The molecule has 2 fully saturated rings. The van der Waals surface area contributed by atoms with Gasteiger partial charge in [-0.25, -0.2) is 0 Å². The number of nitrogens with zero attached hydrogens (tertiary/aromatic N) is 2. The molecule has 1 aromatic heterocycles. The van der Waals surface area contributed by atoms with Gasteiger partial charge in [0.05, 0.1) is 12.0 Å². The molecular weight excluding hydrogens is 324 g/mol. The summed E-state index contributed by atoms with van der Waals surface area (Å²) in [6, 6.07) is 0. The van der Waals surface area contributed by atoms with Gasteiger partial charge in [0, 0.05) is 37.6 Å². The monoisotopic (exact) mass is 348 g/mol. The van der Waals surface area contributed by atoms with Crippen LogP contribution in [0.1, 0.15) is 37.0 Å². The van der Waals surface area contributed by atoms with Gasteiger partial charge in [0.1, 0.15) is 5.78 Å². The fraction of sp³-hybridized carbons (Fsp3) is 0.611. The summed E-state index contributed by atoms with van der Waals surface area (Å²) in [7, 11) is 1.65. The molecule has 1 aromatic rings. The van der Waals surface area contributed by atoms with E-state index in [-0.39, 0.29) is 17.6 Å². The van der Waals surface area contributed by atoms with E-state index < -0.39 is 5.41 Å². The third-order valence-electron chi connectivity index (χ3n) is 4.92. The second-order valence-electron chi connectivity index (χ2n) is 7.13. The summed E-state index contributed by atoms with van der Waals surface area (Å²) in [5, 5.41) is 0. The van der Waals surface area contributed by atoms with Gasteiger partial charge in [-0.1, -0.05) is 12.2 Å². The van der Waals surface area contributed by atoms with Crippen molar-refractivity contribution < 1.29 is 14.3 Å². The Morgan fingerprint density at radius 2 is 2.29 bits per heavy atom. The number of carbonyl (C=O) groups excluding carboxylic acids is 2. The summed E-state index contributed by atoms with van der Waals surface area (Å²) in [6.45, 7) is 7.32. The van der Waals surface area contributed by atoms with Crippen molar-refractivity contribution >= 4 is 23.0 Å². The van der Waals surface area contributed by atoms with Crippen molar-refractivity contribution in [1.82, 2.24) is 4.57 Å². The molecule has 2 aliphatic carbocycles. The lowest BCUT2D eigenvalue weighted by molar-refractivity contribution is -0.139. The van der Waals surface area contributed by atoms with E-state index in [9.17, 15) is 9.59 Å². The molecule has 2 atom stereocenters. The molecule has 3 rings (SSSR count). The number of ether oxygens (including phenoxy) is 1. The van der Waals surface area contributed by atoms with Crippen molar-refractivity contribution in [3.63, 3.8) is 0 Å². The third-order valence-corrected chi connectivity index (χ3v) is 5.86. The first kappa shape index (κ1) is 17.3. The minimum absolute atomic E-state index is 0.158. The molecule has 0 saturated heterocycles. The van der Waals surface area contributed by atoms with Crippen molar-refractivity contribution in [3.05, 3.63) is 28.0 Å². The van der Waals surface area contributed by atoms with Crippen molar-refractivity contribution in [3.8, 4) is 0 Å². The van der Waals surface area contributed by atoms with Crippen molar-refractivity contribution in [2.24, 2.45) is 16.3 Å². The number of allylic oxidation sites excluding steroid dienone is 1. The average molecular weight is 348 g/mol. The van der Waals surface area contributed by atoms with E-state index in [0.29, 0.717) is 37.2 Å². The van der Waals surface area contributed by atoms with Crippen molar-refractivity contribution in [1.29, 1.82) is 0 Å². The van der Waals surface area contributed by atoms with Crippen molar-refractivity contribution in [2.75, 3.05) is 13.7 Å². The smallest absolute Gasteiger partial charge is 0.255 e. The molecule has 130 valence electrons. The van der Waals surface area contributed by atoms with Gasteiger partial charge in [0.15, 0.2) is 4.80 Å². The molecule has 0 aromatic carbocycles. The number of hydrogen-bond donors (Lipinski definition) is 0. The fourth-order valence-electron chi connectivity index (χ4n) is 4.09. The van der Waals surface area contributed by atoms with Crippen LogP contribution in [0.4, 0.5) is 0 Å². The number of amides is 1. The molecule has 0 N–H and O–H groups in total. The zero-order valence-corrected chi connectivity index (χ0v) is 15.2. The maximum absolute atomic E-state index is 13.0. The van der Waals surface area contributed by atoms with Gasteiger partial charge in [-0.2, -0.15) is 4.99 Å². The zero-order valence-electron chi connectivity index (χ0n) is 14.3. The van der Waals surface area contributed by atoms with Gasteiger partial charge in [0.2, 0.25) is 0 Å². The number of carbonyl (C=O) groups is 2. The Kier molecular flexibility index (Phi) is 4.88. The highest BCUT2D eigenvalue weighted by atomic mass is 32.1. The number of hydrogen-bond acceptors (Lipinski definition) is 4. The van der Waals surface area contributed by atoms with Crippen LogP contribution in [0.3, 0.4) is 0 Å². The lowest BCUT2D eigenvalue weighted by Crippen LogP contribution is -2.43. The summed E-state index contributed by atoms with van der Waals surface area (Å²) in [5.74, 6) is 0.295. The molecule has 2 saturated carbocycles. The van der Waals surface area contributed by atoms with Crippen LogP contribution >= 0.6 is 11.3 Å². The molecule has 24 heavy (non-hydrogen) atoms. The Balaban J connectivity index is 1.93. The maximum atomic E-state index is 13.0. The zero-order chi connectivity index (χ0) is 17.3. The van der Waals surface area contributed by atoms with Crippen LogP contribution in [0.25, 0.3) is 0 Å². The number of thiazole rings is 1. The van der Waals surface area contributed by atoms with E-state index in [1.807, 2.05) is 17.7 Å². The van der Waals surface area contributed by atoms with Crippen molar-refractivity contribution in [2.45, 2.75) is 45.6 Å². The Hall–Kier alpha value is -1.53. The summed E-state index contributed by atoms with van der Waals surface area (Å²) in [6.07, 6.45) is 5.12. The molecule has 2 unspecified atom stereocenters. The first-order chi connectivity index (χ1) is 11.4. The standard InChI is InChI=1S/C18H24N2O3S/c1-12-6-14-7-15(21)10-18(8-12,9-14)16(22)19-17-20(4-5-23-3)11-13(2)24-17/h11,14H,1,4-10H2,2-3H3/b19-17-. The van der Waals surface area contributed by atoms with E-state index in [4.69, 9.17) is 4.74 Å². The molecule has 0 radical (unpaired) electrons. The number of rotatable bonds is 4. The lowest BCUT2D eigenvalue weighted by atomic mass is 9.60. The normalized spacial score (nSPS) is 27.6. The number of methoxy groups -OCH3 is 1. The fourth-order valence-corrected chi connectivity index (χ4v) is 4.95. The topological polar surface area (TPSA) is 60.7 Å². The molecule has 1 amide bonds. The second-order valence-corrected chi connectivity index (χ2v) is 8.34. The average Bonchev–Trinajstić information content (AvgIpc) is 2.83. The molecular formula is C18H24N2O3S. The maximum Gasteiger partial charge on any atom is 0.255 e. The molecule has 2 bridgehead atoms. The van der Waals surface area contributed by atoms with Crippen LogP contribution in [0.5, 0.6) is 0 Å². The number of aromatic nitrogens is 1. The van der Waals surface area contributed by atoms with E-state index in [1.165, 1.54) is 11.3 Å². The van der Waals surface area contributed by atoms with Crippen LogP contribution in [0.2, 0.25) is 0 Å². The van der Waals surface area contributed by atoms with Gasteiger partial charge >= 0.3 is 0 Å². The predicted octanol–water partition coefficient (Wildman–Crippen LogP) is 2.64. The van der Waals surface area contributed by atoms with Crippen LogP contribution in [-0.2, 0) is 20.9 Å². The van der Waals surface area contributed by atoms with Crippen LogP contribution in [-0.4, -0.2) is 30.0 Å². The number of Topliss-reactive ketones (excluding diaryl/α,β-unsaturated/α-hetero) is 1. The first-order valence-corrected chi connectivity index (χ1v) is 9.17. The second kappa shape index (κ2) is 6.76. The lowest BCUT2D eigenvalue weighted by Gasteiger charge is -2.42. The van der Waals surface area contributed by atoms with E-state index in [1.54, 1.807) is 7.11 Å². The summed E-state index contributed by atoms with van der Waals surface area (Å²) in [5.41, 5.74) is 0.420. The Morgan fingerprint density at radius 3 is 3.04 bits per heavy atom. The van der Waals surface area contributed by atoms with Crippen LogP contribution in [0.15, 0.2) is 23.3 Å². The highest BCUT2D eigenvalue weighted by Gasteiger charge is 2.48. The molecule has 2 aliphatic rings. The molecule has 6 heteroatoms. The minimum atomic E-state index is -0.660. The van der Waals surface area contributed by atoms with E-state index in [0.717, 1.165) is 23.3 Å². The summed E-state index contributed by atoms with van der Waals surface area (Å²) >= 11 is 1.50. The molecule has 1 heterocycles. The summed E-state index contributed by atoms with van der Waals surface area (Å²) < 4.78 is 7.08. The van der Waals surface area contributed by atoms with Gasteiger partial charge < -0.3 is 9.30 Å². The summed E-state index contributed by atoms with van der Waals surface area (Å²) in [4.78, 5) is 31.4. The quantitative estimate of drug-likeness (QED) is 0.786. The Bertz CT molecular complexity index is 724. The molecule has 0 aliphatic heterocycles. The largest absolute Gasteiger partial charge is 0.383 e. The van der Waals surface area contributed by atoms with Gasteiger partial charge in [-0.05, 0) is 32.1 Å². The van der Waals surface area contributed by atoms with Crippen LogP contribution < -0.4 is 4.80 Å². The highest BCUT2D eigenvalue weighted by molar-refractivity contribution is 7.09. The van der Waals surface area contributed by atoms with E-state index >= 15 is 0 Å². The Morgan fingerprint density at radius 1 is 1.50 bits per heavy atom. The van der Waals surface area contributed by atoms with Gasteiger partial charge in [-0.3, -0.25) is 9.59 Å². The first-order valence-electron chi connectivity index (χ1n) is 8.35. The SMILES string of the molecule is C=C1CC2CC(=O)CC(C(=O)/N=c3\sc(C)cn3CCOC)(C1)C2. The van der Waals surface area contributed by atoms with E-state index in [2.05, 4.69) is 11.6 Å². The predicted molar refractivity (Wildman–Crippen MR) is 92.6 cm³/mol. The van der Waals surface area contributed by atoms with Gasteiger partial charge in [-0.15, -0.1) is 11.3 Å². The number of ketones is 1. The van der Waals surface area contributed by atoms with Crippen LogP contribution in [0, 0.1) is 18.3 Å². The van der Waals surface area contributed by atoms with Gasteiger partial charge in [0.25, 0.3) is 5.91 Å². The highest BCUT2D eigenvalue weighted by Crippen LogP contribution is 2.50. The minimum Gasteiger partial charge on any atom is -0.383 e. The Labute approximate surface area is 146 Å². The number of aryl methyl sites for hydroxylation is 1. The number of fused-ring (bicyclic) bond motifs is 2. The molecule has 5 nitrogen and oxygen atoms in total. The third kappa shape index (κ3) is 3.44. The molecule has 0 spiro atoms.